The third kappa shape index (κ3) is 2.23. The summed E-state index contributed by atoms with van der Waals surface area (Å²) < 4.78 is 0. The number of carbonyl (C=O) groups is 1. The molecule has 0 radical (unpaired) electrons. The normalized spacial score (nSPS) is 26.1. The number of hydrogen-bond acceptors (Lipinski definition) is 3. The van der Waals surface area contributed by atoms with Gasteiger partial charge in [-0.1, -0.05) is 0 Å². The minimum atomic E-state index is 0.298. The lowest BCUT2D eigenvalue weighted by Crippen LogP contribution is -2.59. The zero-order chi connectivity index (χ0) is 11.1. The van der Waals surface area contributed by atoms with Crippen molar-refractivity contribution < 1.29 is 4.79 Å². The molecule has 86 valence electrons. The van der Waals surface area contributed by atoms with Gasteiger partial charge in [0.25, 0.3) is 0 Å². The van der Waals surface area contributed by atoms with Crippen molar-refractivity contribution in [3.63, 3.8) is 0 Å². The third-order valence-electron chi connectivity index (χ3n) is 3.77. The molecule has 0 aromatic rings. The molecule has 0 saturated carbocycles. The summed E-state index contributed by atoms with van der Waals surface area (Å²) in [6.45, 7) is 11.6. The van der Waals surface area contributed by atoms with Gasteiger partial charge in [-0.05, 0) is 33.7 Å². The van der Waals surface area contributed by atoms with Gasteiger partial charge in [-0.2, -0.15) is 0 Å². The molecular formula is C12H22N2O. The molecule has 0 unspecified atom stereocenters. The van der Waals surface area contributed by atoms with Crippen molar-refractivity contribution in [2.75, 3.05) is 32.7 Å². The topological polar surface area (TPSA) is 23.6 Å². The van der Waals surface area contributed by atoms with Gasteiger partial charge in [-0.3, -0.25) is 14.6 Å². The molecule has 2 heterocycles. The van der Waals surface area contributed by atoms with Crippen molar-refractivity contribution in [1.82, 2.24) is 9.80 Å². The number of hydrogen-bond donors (Lipinski definition) is 0. The Hall–Kier alpha value is -0.410. The van der Waals surface area contributed by atoms with Crippen LogP contribution in [0.5, 0.6) is 0 Å². The SMILES string of the molecule is CC(=O)CN1CCC2(C1)CN(C(C)C)C2. The molecule has 0 atom stereocenters. The zero-order valence-corrected chi connectivity index (χ0v) is 10.1. The Morgan fingerprint density at radius 2 is 2.00 bits per heavy atom. The highest BCUT2D eigenvalue weighted by atomic mass is 16.1. The molecule has 3 nitrogen and oxygen atoms in total. The molecule has 0 N–H and O–H groups in total. The molecule has 2 aliphatic rings. The first kappa shape index (κ1) is 11.1. The van der Waals surface area contributed by atoms with Crippen molar-refractivity contribution in [3.05, 3.63) is 0 Å². The van der Waals surface area contributed by atoms with Gasteiger partial charge < -0.3 is 0 Å². The van der Waals surface area contributed by atoms with Gasteiger partial charge in [-0.15, -0.1) is 0 Å². The molecule has 2 rings (SSSR count). The molecule has 0 aliphatic carbocycles. The summed E-state index contributed by atoms with van der Waals surface area (Å²) in [6.07, 6.45) is 1.28. The molecular weight excluding hydrogens is 188 g/mol. The van der Waals surface area contributed by atoms with E-state index in [1.54, 1.807) is 6.92 Å². The predicted molar refractivity (Wildman–Crippen MR) is 60.9 cm³/mol. The van der Waals surface area contributed by atoms with Crippen molar-refractivity contribution in [2.24, 2.45) is 5.41 Å². The second-order valence-electron chi connectivity index (χ2n) is 5.66. The summed E-state index contributed by atoms with van der Waals surface area (Å²) in [5.41, 5.74) is 0.527. The Morgan fingerprint density at radius 3 is 2.53 bits per heavy atom. The van der Waals surface area contributed by atoms with E-state index in [0.717, 1.165) is 13.1 Å². The minimum Gasteiger partial charge on any atom is -0.300 e. The fraction of sp³-hybridized carbons (Fsp3) is 0.917. The van der Waals surface area contributed by atoms with Crippen LogP contribution >= 0.6 is 0 Å². The van der Waals surface area contributed by atoms with E-state index in [0.29, 0.717) is 23.8 Å². The smallest absolute Gasteiger partial charge is 0.143 e. The van der Waals surface area contributed by atoms with Gasteiger partial charge in [0.15, 0.2) is 0 Å². The van der Waals surface area contributed by atoms with Crippen LogP contribution in [0.2, 0.25) is 0 Å². The van der Waals surface area contributed by atoms with Crippen molar-refractivity contribution in [3.8, 4) is 0 Å². The van der Waals surface area contributed by atoms with Gasteiger partial charge >= 0.3 is 0 Å². The number of Topliss-reactive ketones (excluding diaryl/α,β-unsaturated/α-hetero) is 1. The van der Waals surface area contributed by atoms with Crippen LogP contribution < -0.4 is 0 Å². The number of carbonyl (C=O) groups excluding carboxylic acids is 1. The van der Waals surface area contributed by atoms with Crippen molar-refractivity contribution in [1.29, 1.82) is 0 Å². The molecule has 2 fully saturated rings. The van der Waals surface area contributed by atoms with Gasteiger partial charge in [0.05, 0.1) is 6.54 Å². The summed E-state index contributed by atoms with van der Waals surface area (Å²) in [5, 5.41) is 0. The standard InChI is InChI=1S/C12H22N2O/c1-10(2)14-8-12(9-14)4-5-13(7-12)6-11(3)15/h10H,4-9H2,1-3H3. The van der Waals surface area contributed by atoms with Crippen LogP contribution in [-0.4, -0.2) is 54.3 Å². The Labute approximate surface area is 92.4 Å². The average Bonchev–Trinajstić information content (AvgIpc) is 2.44. The summed E-state index contributed by atoms with van der Waals surface area (Å²) in [4.78, 5) is 15.9. The average molecular weight is 210 g/mol. The van der Waals surface area contributed by atoms with E-state index >= 15 is 0 Å². The molecule has 0 bridgehead atoms. The highest BCUT2D eigenvalue weighted by Gasteiger charge is 2.47. The first-order valence-corrected chi connectivity index (χ1v) is 5.97. The molecule has 2 aliphatic heterocycles. The maximum atomic E-state index is 11.0. The quantitative estimate of drug-likeness (QED) is 0.694. The second kappa shape index (κ2) is 3.87. The maximum absolute atomic E-state index is 11.0. The van der Waals surface area contributed by atoms with Gasteiger partial charge in [-0.25, -0.2) is 0 Å². The number of nitrogens with zero attached hydrogens (tertiary/aromatic N) is 2. The van der Waals surface area contributed by atoms with Crippen molar-refractivity contribution in [2.45, 2.75) is 33.2 Å². The highest BCUT2D eigenvalue weighted by Crippen LogP contribution is 2.40. The van der Waals surface area contributed by atoms with Crippen LogP contribution in [0, 0.1) is 5.41 Å². The van der Waals surface area contributed by atoms with Gasteiger partial charge in [0, 0.05) is 31.1 Å². The highest BCUT2D eigenvalue weighted by molar-refractivity contribution is 5.77. The van der Waals surface area contributed by atoms with Crippen LogP contribution in [-0.2, 0) is 4.79 Å². The number of rotatable bonds is 3. The first-order chi connectivity index (χ1) is 7.01. The Balaban J connectivity index is 1.81. The third-order valence-corrected chi connectivity index (χ3v) is 3.77. The van der Waals surface area contributed by atoms with E-state index in [1.807, 2.05) is 0 Å². The minimum absolute atomic E-state index is 0.298. The van der Waals surface area contributed by atoms with Gasteiger partial charge in [0.2, 0.25) is 0 Å². The fourth-order valence-electron chi connectivity index (χ4n) is 2.92. The van der Waals surface area contributed by atoms with Crippen molar-refractivity contribution >= 4 is 5.78 Å². The summed E-state index contributed by atoms with van der Waals surface area (Å²) in [6, 6.07) is 0.678. The van der Waals surface area contributed by atoms with Crippen LogP contribution in [0.25, 0.3) is 0 Å². The lowest BCUT2D eigenvalue weighted by atomic mass is 9.78. The van der Waals surface area contributed by atoms with E-state index in [2.05, 4.69) is 23.6 Å². The first-order valence-electron chi connectivity index (χ1n) is 5.97. The maximum Gasteiger partial charge on any atom is 0.143 e. The van der Waals surface area contributed by atoms with Gasteiger partial charge in [0.1, 0.15) is 5.78 Å². The fourth-order valence-corrected chi connectivity index (χ4v) is 2.92. The molecule has 0 aromatic carbocycles. The Bertz CT molecular complexity index is 256. The Morgan fingerprint density at radius 1 is 1.33 bits per heavy atom. The Kier molecular flexibility index (Phi) is 2.86. The van der Waals surface area contributed by atoms with E-state index < -0.39 is 0 Å². The van der Waals surface area contributed by atoms with E-state index in [1.165, 1.54) is 19.5 Å². The van der Waals surface area contributed by atoms with Crippen LogP contribution in [0.1, 0.15) is 27.2 Å². The van der Waals surface area contributed by atoms with Crippen LogP contribution in [0.4, 0.5) is 0 Å². The van der Waals surface area contributed by atoms with E-state index in [4.69, 9.17) is 0 Å². The van der Waals surface area contributed by atoms with Crippen LogP contribution in [0.3, 0.4) is 0 Å². The molecule has 1 spiro atoms. The molecule has 15 heavy (non-hydrogen) atoms. The monoisotopic (exact) mass is 210 g/mol. The van der Waals surface area contributed by atoms with Crippen LogP contribution in [0.15, 0.2) is 0 Å². The lowest BCUT2D eigenvalue weighted by molar-refractivity contribution is -0.118. The summed E-state index contributed by atoms with van der Waals surface area (Å²) in [7, 11) is 0. The lowest BCUT2D eigenvalue weighted by Gasteiger charge is -2.50. The summed E-state index contributed by atoms with van der Waals surface area (Å²) in [5.74, 6) is 0.298. The molecule has 0 aromatic heterocycles. The largest absolute Gasteiger partial charge is 0.300 e. The molecule has 0 amide bonds. The zero-order valence-electron chi connectivity index (χ0n) is 10.1. The summed E-state index contributed by atoms with van der Waals surface area (Å²) >= 11 is 0. The molecule has 2 saturated heterocycles. The van der Waals surface area contributed by atoms with E-state index in [9.17, 15) is 4.79 Å². The molecule has 3 heteroatoms. The number of ketones is 1. The second-order valence-corrected chi connectivity index (χ2v) is 5.66. The predicted octanol–water partition coefficient (Wildman–Crippen LogP) is 0.991. The number of likely N-dealkylation sites (tertiary alicyclic amines) is 2. The van der Waals surface area contributed by atoms with E-state index in [-0.39, 0.29) is 0 Å².